The Morgan fingerprint density at radius 3 is 2.54 bits per heavy atom. The van der Waals surface area contributed by atoms with E-state index >= 15 is 0 Å². The molecule has 3 aliphatic heterocycles. The van der Waals surface area contributed by atoms with Crippen LogP contribution >= 0.6 is 0 Å². The van der Waals surface area contributed by atoms with Crippen LogP contribution in [0.5, 0.6) is 0 Å². The van der Waals surface area contributed by atoms with Gasteiger partial charge in [-0.25, -0.2) is 0 Å². The fourth-order valence-electron chi connectivity index (χ4n) is 4.05. The number of fused-ring (bicyclic) bond motifs is 3. The molecule has 3 fully saturated rings. The van der Waals surface area contributed by atoms with E-state index in [9.17, 15) is 18.0 Å². The standard InChI is InChI=1S/C18H23F3N2O/c1-2-12-11-23-8-7-14(12)9-16(23)10-22-17(24)13-3-5-15(6-4-13)18(19,20)21/h3-6,12,14,16H,2,7-11H2,1H3,(H,22,24)/t12-,14-,16+/m0/s1. The lowest BCUT2D eigenvalue weighted by atomic mass is 9.74. The number of hydrogen-bond acceptors (Lipinski definition) is 2. The number of carbonyl (C=O) groups excluding carboxylic acids is 1. The fourth-order valence-corrected chi connectivity index (χ4v) is 4.05. The van der Waals surface area contributed by atoms with Gasteiger partial charge in [0.15, 0.2) is 0 Å². The summed E-state index contributed by atoms with van der Waals surface area (Å²) in [4.78, 5) is 14.6. The minimum absolute atomic E-state index is 0.269. The van der Waals surface area contributed by atoms with Crippen molar-refractivity contribution in [2.24, 2.45) is 11.8 Å². The zero-order chi connectivity index (χ0) is 17.3. The Morgan fingerprint density at radius 2 is 2.00 bits per heavy atom. The summed E-state index contributed by atoms with van der Waals surface area (Å²) in [7, 11) is 0. The van der Waals surface area contributed by atoms with E-state index in [0.717, 1.165) is 43.5 Å². The van der Waals surface area contributed by atoms with Crippen molar-refractivity contribution in [1.29, 1.82) is 0 Å². The van der Waals surface area contributed by atoms with Crippen LogP contribution in [0.3, 0.4) is 0 Å². The maximum absolute atomic E-state index is 12.6. The molecule has 1 unspecified atom stereocenters. The third kappa shape index (κ3) is 3.58. The zero-order valence-corrected chi connectivity index (χ0v) is 13.8. The molecule has 0 aliphatic carbocycles. The quantitative estimate of drug-likeness (QED) is 0.909. The molecule has 0 aromatic heterocycles. The second kappa shape index (κ2) is 6.75. The number of nitrogens with one attached hydrogen (secondary N) is 1. The number of carbonyl (C=O) groups is 1. The van der Waals surface area contributed by atoms with Crippen LogP contribution in [0.4, 0.5) is 13.2 Å². The van der Waals surface area contributed by atoms with Gasteiger partial charge in [0.1, 0.15) is 0 Å². The summed E-state index contributed by atoms with van der Waals surface area (Å²) in [6.07, 6.45) is -0.834. The molecule has 2 bridgehead atoms. The summed E-state index contributed by atoms with van der Waals surface area (Å²) >= 11 is 0. The summed E-state index contributed by atoms with van der Waals surface area (Å²) in [5.74, 6) is 1.20. The Bertz CT molecular complexity index is 585. The highest BCUT2D eigenvalue weighted by Gasteiger charge is 2.39. The maximum atomic E-state index is 12.6. The largest absolute Gasteiger partial charge is 0.416 e. The molecule has 3 saturated heterocycles. The van der Waals surface area contributed by atoms with Crippen molar-refractivity contribution >= 4 is 5.91 Å². The van der Waals surface area contributed by atoms with E-state index in [4.69, 9.17) is 0 Å². The van der Waals surface area contributed by atoms with Crippen LogP contribution in [0.1, 0.15) is 42.1 Å². The molecule has 3 aliphatic rings. The Hall–Kier alpha value is -1.56. The maximum Gasteiger partial charge on any atom is 0.416 e. The molecule has 3 nitrogen and oxygen atoms in total. The fraction of sp³-hybridized carbons (Fsp3) is 0.611. The van der Waals surface area contributed by atoms with Gasteiger partial charge < -0.3 is 5.32 Å². The second-order valence-corrected chi connectivity index (χ2v) is 6.89. The first-order valence-corrected chi connectivity index (χ1v) is 8.58. The average molecular weight is 340 g/mol. The molecule has 1 N–H and O–H groups in total. The summed E-state index contributed by atoms with van der Waals surface area (Å²) in [6, 6.07) is 4.72. The highest BCUT2D eigenvalue weighted by molar-refractivity contribution is 5.94. The number of hydrogen-bond donors (Lipinski definition) is 1. The van der Waals surface area contributed by atoms with Gasteiger partial charge in [-0.3, -0.25) is 9.69 Å². The van der Waals surface area contributed by atoms with E-state index in [-0.39, 0.29) is 11.5 Å². The van der Waals surface area contributed by atoms with Gasteiger partial charge in [-0.15, -0.1) is 0 Å². The number of halogens is 3. The first-order chi connectivity index (χ1) is 11.4. The van der Waals surface area contributed by atoms with Crippen molar-refractivity contribution in [3.8, 4) is 0 Å². The summed E-state index contributed by atoms with van der Waals surface area (Å²) in [5.41, 5.74) is -0.467. The molecule has 0 saturated carbocycles. The number of piperidine rings is 3. The Morgan fingerprint density at radius 1 is 1.29 bits per heavy atom. The summed E-state index contributed by atoms with van der Waals surface area (Å²) < 4.78 is 37.7. The van der Waals surface area contributed by atoms with Crippen molar-refractivity contribution in [1.82, 2.24) is 10.2 Å². The molecule has 4 rings (SSSR count). The molecule has 24 heavy (non-hydrogen) atoms. The molecule has 4 atom stereocenters. The van der Waals surface area contributed by atoms with Crippen LogP contribution in [0.15, 0.2) is 24.3 Å². The molecule has 0 radical (unpaired) electrons. The lowest BCUT2D eigenvalue weighted by molar-refractivity contribution is -0.137. The Kier molecular flexibility index (Phi) is 4.85. The molecule has 132 valence electrons. The topological polar surface area (TPSA) is 32.3 Å². The second-order valence-electron chi connectivity index (χ2n) is 6.89. The predicted molar refractivity (Wildman–Crippen MR) is 85.6 cm³/mol. The van der Waals surface area contributed by atoms with Crippen LogP contribution in [-0.4, -0.2) is 36.5 Å². The highest BCUT2D eigenvalue weighted by Crippen LogP contribution is 2.37. The van der Waals surface area contributed by atoms with E-state index in [1.807, 2.05) is 0 Å². The Balaban J connectivity index is 1.55. The van der Waals surface area contributed by atoms with Crippen LogP contribution in [0, 0.1) is 11.8 Å². The van der Waals surface area contributed by atoms with Crippen molar-refractivity contribution < 1.29 is 18.0 Å². The predicted octanol–water partition coefficient (Wildman–Crippen LogP) is 3.56. The zero-order valence-electron chi connectivity index (χ0n) is 13.8. The van der Waals surface area contributed by atoms with Crippen molar-refractivity contribution in [3.63, 3.8) is 0 Å². The summed E-state index contributed by atoms with van der Waals surface area (Å²) in [5, 5.41) is 2.88. The van der Waals surface area contributed by atoms with Gasteiger partial charge >= 0.3 is 6.18 Å². The molecular weight excluding hydrogens is 317 g/mol. The average Bonchev–Trinajstić information content (AvgIpc) is 2.59. The lowest BCUT2D eigenvalue weighted by Crippen LogP contribution is -2.56. The minimum atomic E-state index is -4.38. The number of alkyl halides is 3. The van der Waals surface area contributed by atoms with Crippen LogP contribution in [0.25, 0.3) is 0 Å². The van der Waals surface area contributed by atoms with Gasteiger partial charge in [0.25, 0.3) is 5.91 Å². The van der Waals surface area contributed by atoms with E-state index < -0.39 is 11.7 Å². The molecule has 1 aromatic rings. The molecule has 0 spiro atoms. The van der Waals surface area contributed by atoms with Crippen molar-refractivity contribution in [3.05, 3.63) is 35.4 Å². The van der Waals surface area contributed by atoms with Gasteiger partial charge in [0.2, 0.25) is 0 Å². The van der Waals surface area contributed by atoms with Gasteiger partial charge in [-0.1, -0.05) is 13.3 Å². The third-order valence-electron chi connectivity index (χ3n) is 5.51. The van der Waals surface area contributed by atoms with E-state index in [2.05, 4.69) is 17.1 Å². The van der Waals surface area contributed by atoms with E-state index in [0.29, 0.717) is 12.6 Å². The third-order valence-corrected chi connectivity index (χ3v) is 5.51. The number of nitrogens with zero attached hydrogens (tertiary/aromatic N) is 1. The molecule has 1 amide bonds. The van der Waals surface area contributed by atoms with Crippen molar-refractivity contribution in [2.75, 3.05) is 19.6 Å². The Labute approximate surface area is 140 Å². The first-order valence-electron chi connectivity index (χ1n) is 8.58. The number of amides is 1. The van der Waals surface area contributed by atoms with Gasteiger partial charge in [-0.05, 0) is 55.5 Å². The minimum Gasteiger partial charge on any atom is -0.350 e. The van der Waals surface area contributed by atoms with E-state index in [1.54, 1.807) is 0 Å². The summed E-state index contributed by atoms with van der Waals surface area (Å²) in [6.45, 7) is 4.98. The molecule has 1 aromatic carbocycles. The lowest BCUT2D eigenvalue weighted by Gasteiger charge is -2.50. The highest BCUT2D eigenvalue weighted by atomic mass is 19.4. The molecule has 6 heteroatoms. The normalized spacial score (nSPS) is 29.5. The van der Waals surface area contributed by atoms with Crippen LogP contribution < -0.4 is 5.32 Å². The van der Waals surface area contributed by atoms with Crippen molar-refractivity contribution in [2.45, 2.75) is 38.4 Å². The van der Waals surface area contributed by atoms with Crippen LogP contribution in [0.2, 0.25) is 0 Å². The number of benzene rings is 1. The van der Waals surface area contributed by atoms with Gasteiger partial charge in [-0.2, -0.15) is 13.2 Å². The van der Waals surface area contributed by atoms with Crippen LogP contribution in [-0.2, 0) is 6.18 Å². The number of rotatable bonds is 4. The van der Waals surface area contributed by atoms with E-state index in [1.165, 1.54) is 25.0 Å². The van der Waals surface area contributed by atoms with Gasteiger partial charge in [0.05, 0.1) is 5.56 Å². The SMILES string of the molecule is CC[C@H]1CN2CC[C@H]1C[C@@H]2CNC(=O)c1ccc(C(F)(F)F)cc1. The first kappa shape index (κ1) is 17.3. The molecule has 3 heterocycles. The van der Waals surface area contributed by atoms with Gasteiger partial charge in [0, 0.05) is 24.7 Å². The smallest absolute Gasteiger partial charge is 0.350 e. The monoisotopic (exact) mass is 340 g/mol. The molecular formula is C18H23F3N2O.